The fourth-order valence-corrected chi connectivity index (χ4v) is 0.639. The van der Waals surface area contributed by atoms with E-state index in [1.165, 1.54) is 6.42 Å². The van der Waals surface area contributed by atoms with Gasteiger partial charge in [0.15, 0.2) is 0 Å². The molecule has 0 heterocycles. The molecule has 0 fully saturated rings. The molecule has 2 nitrogen and oxygen atoms in total. The van der Waals surface area contributed by atoms with Crippen LogP contribution in [0.4, 0.5) is 0 Å². The molecule has 0 atom stereocenters. The highest BCUT2D eigenvalue weighted by atomic mass is 16.4. The van der Waals surface area contributed by atoms with Crippen molar-refractivity contribution in [3.05, 3.63) is 37.0 Å². The summed E-state index contributed by atoms with van der Waals surface area (Å²) < 4.78 is 0. The lowest BCUT2D eigenvalue weighted by Crippen LogP contribution is -1.98. The molecule has 0 unspecified atom stereocenters. The number of hydrogen-bond acceptors (Lipinski definition) is 1. The summed E-state index contributed by atoms with van der Waals surface area (Å²) in [6.07, 6.45) is 7.12. The number of rotatable bonds is 5. The van der Waals surface area contributed by atoms with Crippen LogP contribution in [0.15, 0.2) is 37.0 Å². The average molecular weight is 196 g/mol. The van der Waals surface area contributed by atoms with E-state index in [4.69, 9.17) is 5.11 Å². The molecule has 0 radical (unpaired) electrons. The lowest BCUT2D eigenvalue weighted by molar-refractivity contribution is -0.132. The van der Waals surface area contributed by atoms with Gasteiger partial charge in [-0.15, -0.1) is 13.2 Å². The molecule has 0 aromatic heterocycles. The third kappa shape index (κ3) is 10.7. The number of carboxylic acid groups (broad SMARTS) is 1. The molecule has 0 spiro atoms. The number of carbonyl (C=O) groups is 1. The molecule has 0 aliphatic carbocycles. The fourth-order valence-electron chi connectivity index (χ4n) is 0.639. The van der Waals surface area contributed by atoms with Crippen molar-refractivity contribution >= 4 is 5.97 Å². The Morgan fingerprint density at radius 2 is 1.79 bits per heavy atom. The van der Waals surface area contributed by atoms with Gasteiger partial charge in [-0.2, -0.15) is 0 Å². The van der Waals surface area contributed by atoms with Gasteiger partial charge in [0, 0.05) is 5.57 Å². The molecule has 0 saturated carbocycles. The van der Waals surface area contributed by atoms with E-state index in [0.29, 0.717) is 18.4 Å². The topological polar surface area (TPSA) is 37.3 Å². The lowest BCUT2D eigenvalue weighted by atomic mass is 10.1. The Labute approximate surface area is 86.6 Å². The summed E-state index contributed by atoms with van der Waals surface area (Å²) in [4.78, 5) is 10.4. The predicted molar refractivity (Wildman–Crippen MR) is 61.3 cm³/mol. The van der Waals surface area contributed by atoms with E-state index in [-0.39, 0.29) is 0 Å². The van der Waals surface area contributed by atoms with Crippen molar-refractivity contribution < 1.29 is 9.90 Å². The minimum atomic E-state index is -0.883. The third-order valence-corrected chi connectivity index (χ3v) is 1.17. The van der Waals surface area contributed by atoms with Gasteiger partial charge < -0.3 is 5.11 Å². The van der Waals surface area contributed by atoms with Gasteiger partial charge in [-0.25, -0.2) is 4.79 Å². The summed E-state index contributed by atoms with van der Waals surface area (Å²) >= 11 is 0. The number of carboxylic acids is 1. The first-order chi connectivity index (χ1) is 6.63. The minimum absolute atomic E-state index is 0.375. The highest BCUT2D eigenvalue weighted by Crippen LogP contribution is 2.03. The van der Waals surface area contributed by atoms with E-state index in [0.717, 1.165) is 0 Å². The van der Waals surface area contributed by atoms with Crippen LogP contribution in [0.1, 0.15) is 33.1 Å². The average Bonchev–Trinajstić information content (AvgIpc) is 2.13. The van der Waals surface area contributed by atoms with E-state index < -0.39 is 5.97 Å². The molecule has 0 aliphatic rings. The van der Waals surface area contributed by atoms with Crippen molar-refractivity contribution in [3.63, 3.8) is 0 Å². The first kappa shape index (κ1) is 15.2. The van der Waals surface area contributed by atoms with Crippen molar-refractivity contribution in [2.24, 2.45) is 0 Å². The van der Waals surface area contributed by atoms with Crippen molar-refractivity contribution in [1.29, 1.82) is 0 Å². The van der Waals surface area contributed by atoms with Crippen molar-refractivity contribution in [1.82, 2.24) is 0 Å². The van der Waals surface area contributed by atoms with Crippen LogP contribution in [-0.2, 0) is 4.79 Å². The summed E-state index contributed by atoms with van der Waals surface area (Å²) in [6, 6.07) is 0. The van der Waals surface area contributed by atoms with Gasteiger partial charge in [0.2, 0.25) is 0 Å². The second-order valence-electron chi connectivity index (χ2n) is 2.76. The first-order valence-corrected chi connectivity index (χ1v) is 4.78. The highest BCUT2D eigenvalue weighted by molar-refractivity contribution is 5.86. The molecule has 80 valence electrons. The van der Waals surface area contributed by atoms with Crippen LogP contribution >= 0.6 is 0 Å². The molecule has 0 aromatic carbocycles. The Morgan fingerprint density at radius 3 is 2.07 bits per heavy atom. The maximum atomic E-state index is 10.4. The molecule has 0 amide bonds. The summed E-state index contributed by atoms with van der Waals surface area (Å²) in [5.74, 6) is -0.883. The molecular formula is C12H20O2. The maximum absolute atomic E-state index is 10.4. The number of aliphatic carboxylic acids is 1. The van der Waals surface area contributed by atoms with Crippen LogP contribution in [0, 0.1) is 0 Å². The normalized spacial score (nSPS) is 9.71. The smallest absolute Gasteiger partial charge is 0.331 e. The van der Waals surface area contributed by atoms with Crippen LogP contribution in [0.25, 0.3) is 0 Å². The Kier molecular flexibility index (Phi) is 12.7. The molecule has 2 heteroatoms. The quantitative estimate of drug-likeness (QED) is 0.539. The van der Waals surface area contributed by atoms with Gasteiger partial charge in [-0.1, -0.05) is 38.5 Å². The number of allylic oxidation sites excluding steroid dienone is 3. The summed E-state index contributed by atoms with van der Waals surface area (Å²) in [7, 11) is 0. The molecule has 0 aromatic rings. The molecule has 0 aliphatic heterocycles. The van der Waals surface area contributed by atoms with Crippen LogP contribution < -0.4 is 0 Å². The van der Waals surface area contributed by atoms with Gasteiger partial charge in [0.05, 0.1) is 0 Å². The zero-order valence-corrected chi connectivity index (χ0v) is 9.12. The zero-order chi connectivity index (χ0) is 11.4. The number of hydrogen-bond donors (Lipinski definition) is 1. The van der Waals surface area contributed by atoms with Gasteiger partial charge in [0.25, 0.3) is 0 Å². The van der Waals surface area contributed by atoms with Crippen LogP contribution in [0.3, 0.4) is 0 Å². The summed E-state index contributed by atoms with van der Waals surface area (Å²) in [5.41, 5.74) is 0.375. The minimum Gasteiger partial charge on any atom is -0.478 e. The van der Waals surface area contributed by atoms with E-state index in [9.17, 15) is 4.79 Å². The second kappa shape index (κ2) is 11.7. The van der Waals surface area contributed by atoms with Crippen LogP contribution in [0.2, 0.25) is 0 Å². The van der Waals surface area contributed by atoms with E-state index >= 15 is 0 Å². The van der Waals surface area contributed by atoms with E-state index in [1.54, 1.807) is 18.2 Å². The third-order valence-electron chi connectivity index (χ3n) is 1.17. The lowest BCUT2D eigenvalue weighted by Gasteiger charge is -1.94. The van der Waals surface area contributed by atoms with Crippen LogP contribution in [-0.4, -0.2) is 11.1 Å². The Balaban J connectivity index is 0. The molecule has 0 rings (SSSR count). The van der Waals surface area contributed by atoms with Gasteiger partial charge in [-0.3, -0.25) is 0 Å². The standard InChI is InChI=1S/C9H12O2.C3H8/c1-3-5-7-8(6-4-2)9(10)11;1-3-2/h3-4,7H,1-2,5-6H2,(H,10,11);3H2,1-2H3. The fraction of sp³-hybridized carbons (Fsp3) is 0.417. The van der Waals surface area contributed by atoms with Crippen molar-refractivity contribution in [2.45, 2.75) is 33.1 Å². The molecule has 14 heavy (non-hydrogen) atoms. The summed E-state index contributed by atoms with van der Waals surface area (Å²) in [5, 5.41) is 8.58. The van der Waals surface area contributed by atoms with Gasteiger partial charge in [-0.05, 0) is 12.8 Å². The van der Waals surface area contributed by atoms with Crippen molar-refractivity contribution in [2.75, 3.05) is 0 Å². The van der Waals surface area contributed by atoms with E-state index in [1.807, 2.05) is 0 Å². The Morgan fingerprint density at radius 1 is 1.29 bits per heavy atom. The predicted octanol–water partition coefficient (Wildman–Crippen LogP) is 3.57. The first-order valence-electron chi connectivity index (χ1n) is 4.78. The monoisotopic (exact) mass is 196 g/mol. The van der Waals surface area contributed by atoms with Gasteiger partial charge in [0.1, 0.15) is 0 Å². The molecule has 0 bridgehead atoms. The SMILES string of the molecule is C=CCC=C(CC=C)C(=O)O.CCC. The molecule has 1 N–H and O–H groups in total. The maximum Gasteiger partial charge on any atom is 0.331 e. The Bertz CT molecular complexity index is 202. The second-order valence-corrected chi connectivity index (χ2v) is 2.76. The van der Waals surface area contributed by atoms with E-state index in [2.05, 4.69) is 27.0 Å². The highest BCUT2D eigenvalue weighted by Gasteiger charge is 2.02. The molecule has 0 saturated heterocycles. The largest absolute Gasteiger partial charge is 0.478 e. The van der Waals surface area contributed by atoms with Crippen LogP contribution in [0.5, 0.6) is 0 Å². The van der Waals surface area contributed by atoms with Gasteiger partial charge >= 0.3 is 5.97 Å². The zero-order valence-electron chi connectivity index (χ0n) is 9.12. The Hall–Kier alpha value is -1.31. The summed E-state index contributed by atoms with van der Waals surface area (Å²) in [6.45, 7) is 11.2. The molecular weight excluding hydrogens is 176 g/mol. The van der Waals surface area contributed by atoms with Crippen molar-refractivity contribution in [3.8, 4) is 0 Å².